The van der Waals surface area contributed by atoms with Crippen molar-refractivity contribution in [2.75, 3.05) is 12.0 Å². The second kappa shape index (κ2) is 8.83. The predicted molar refractivity (Wildman–Crippen MR) is 122 cm³/mol. The number of halogens is 3. The van der Waals surface area contributed by atoms with Gasteiger partial charge in [-0.2, -0.15) is 13.2 Å². The molecule has 1 saturated heterocycles. The summed E-state index contributed by atoms with van der Waals surface area (Å²) in [4.78, 5) is 27.3. The molecular weight excluding hydrogens is 463 g/mol. The van der Waals surface area contributed by atoms with Crippen LogP contribution in [-0.4, -0.2) is 29.0 Å². The van der Waals surface area contributed by atoms with E-state index >= 15 is 0 Å². The number of ketones is 1. The van der Waals surface area contributed by atoms with Crippen molar-refractivity contribution in [3.8, 4) is 11.5 Å². The molecule has 35 heavy (non-hydrogen) atoms. The number of ether oxygens (including phenoxy) is 1. The third-order valence-electron chi connectivity index (χ3n) is 5.69. The molecule has 9 heteroatoms. The average molecular weight is 483 g/mol. The minimum Gasteiger partial charge on any atom is -0.508 e. The van der Waals surface area contributed by atoms with Crippen LogP contribution in [0.2, 0.25) is 0 Å². The molecule has 1 heterocycles. The average Bonchev–Trinajstić information content (AvgIpc) is 3.08. The number of aliphatic hydroxyl groups excluding tert-OH is 1. The standard InChI is InChI=1S/C26H20F3NO5/c1-14-9-10-20(35-2)19(11-14)23(32)21-22(15-5-3-8-18(31)12-15)30(25(34)24(21)33)17-7-4-6-16(13-17)26(27,28)29/h3-13,22,31-32H,1-2H3/b23-21+. The Morgan fingerprint density at radius 2 is 1.71 bits per heavy atom. The number of rotatable bonds is 4. The summed E-state index contributed by atoms with van der Waals surface area (Å²) in [6, 6.07) is 13.2. The Labute approximate surface area is 198 Å². The minimum atomic E-state index is -4.68. The molecule has 1 aliphatic heterocycles. The molecular formula is C26H20F3NO5. The van der Waals surface area contributed by atoms with E-state index in [0.29, 0.717) is 0 Å². The van der Waals surface area contributed by atoms with E-state index < -0.39 is 35.2 Å². The van der Waals surface area contributed by atoms with Crippen molar-refractivity contribution < 1.29 is 37.7 Å². The number of carbonyl (C=O) groups excluding carboxylic acids is 2. The smallest absolute Gasteiger partial charge is 0.416 e. The molecule has 4 rings (SSSR count). The maximum absolute atomic E-state index is 13.4. The van der Waals surface area contributed by atoms with E-state index in [2.05, 4.69) is 0 Å². The van der Waals surface area contributed by atoms with Crippen LogP contribution in [0.25, 0.3) is 5.76 Å². The number of anilines is 1. The van der Waals surface area contributed by atoms with Gasteiger partial charge in [-0.05, 0) is 55.0 Å². The molecule has 1 amide bonds. The number of Topliss-reactive ketones (excluding diaryl/α,β-unsaturated/α-hetero) is 1. The number of hydrogen-bond acceptors (Lipinski definition) is 5. The first-order chi connectivity index (χ1) is 16.5. The Morgan fingerprint density at radius 3 is 2.37 bits per heavy atom. The van der Waals surface area contributed by atoms with Gasteiger partial charge in [0, 0.05) is 5.69 Å². The van der Waals surface area contributed by atoms with Gasteiger partial charge in [0.1, 0.15) is 17.3 Å². The summed E-state index contributed by atoms with van der Waals surface area (Å²) in [5, 5.41) is 21.3. The zero-order valence-electron chi connectivity index (χ0n) is 18.6. The Morgan fingerprint density at radius 1 is 1.00 bits per heavy atom. The molecule has 1 unspecified atom stereocenters. The fourth-order valence-corrected chi connectivity index (χ4v) is 4.09. The Hall–Kier alpha value is -4.27. The quantitative estimate of drug-likeness (QED) is 0.297. The highest BCUT2D eigenvalue weighted by atomic mass is 19.4. The molecule has 3 aromatic rings. The lowest BCUT2D eigenvalue weighted by Crippen LogP contribution is -2.29. The zero-order valence-corrected chi connectivity index (χ0v) is 18.6. The molecule has 1 aliphatic rings. The summed E-state index contributed by atoms with van der Waals surface area (Å²) in [5.41, 5.74) is -0.456. The van der Waals surface area contributed by atoms with Crippen molar-refractivity contribution in [2.45, 2.75) is 19.1 Å². The first-order valence-corrected chi connectivity index (χ1v) is 10.4. The minimum absolute atomic E-state index is 0.139. The molecule has 0 aliphatic carbocycles. The SMILES string of the molecule is COc1ccc(C)cc1/C(O)=C1\C(=O)C(=O)N(c2cccc(C(F)(F)F)c2)C1c1cccc(O)c1. The van der Waals surface area contributed by atoms with Gasteiger partial charge in [-0.1, -0.05) is 29.8 Å². The first kappa shape index (κ1) is 23.9. The van der Waals surface area contributed by atoms with Crippen LogP contribution >= 0.6 is 0 Å². The highest BCUT2D eigenvalue weighted by Crippen LogP contribution is 2.44. The van der Waals surface area contributed by atoms with Crippen LogP contribution in [0.3, 0.4) is 0 Å². The number of benzene rings is 3. The molecule has 1 fully saturated rings. The topological polar surface area (TPSA) is 87.1 Å². The van der Waals surface area contributed by atoms with Crippen LogP contribution in [0.4, 0.5) is 18.9 Å². The summed E-state index contributed by atoms with van der Waals surface area (Å²) in [6.45, 7) is 1.75. The Balaban J connectivity index is 2.00. The van der Waals surface area contributed by atoms with Gasteiger partial charge in [-0.3, -0.25) is 14.5 Å². The number of aryl methyl sites for hydroxylation is 1. The molecule has 0 aromatic heterocycles. The zero-order chi connectivity index (χ0) is 25.5. The van der Waals surface area contributed by atoms with Gasteiger partial charge in [0.05, 0.1) is 29.9 Å². The number of carbonyl (C=O) groups is 2. The number of aromatic hydroxyl groups is 1. The Kier molecular flexibility index (Phi) is 6.02. The number of nitrogens with zero attached hydrogens (tertiary/aromatic N) is 1. The van der Waals surface area contributed by atoms with Crippen molar-refractivity contribution in [3.05, 3.63) is 94.6 Å². The maximum atomic E-state index is 13.4. The fourth-order valence-electron chi connectivity index (χ4n) is 4.09. The second-order valence-corrected chi connectivity index (χ2v) is 8.02. The van der Waals surface area contributed by atoms with Crippen LogP contribution in [0.15, 0.2) is 72.3 Å². The summed E-state index contributed by atoms with van der Waals surface area (Å²) >= 11 is 0. The van der Waals surface area contributed by atoms with Gasteiger partial charge in [0.15, 0.2) is 0 Å². The number of alkyl halides is 3. The normalized spacial score (nSPS) is 17.6. The van der Waals surface area contributed by atoms with E-state index in [1.807, 2.05) is 0 Å². The lowest BCUT2D eigenvalue weighted by atomic mass is 9.94. The van der Waals surface area contributed by atoms with Crippen molar-refractivity contribution in [1.82, 2.24) is 0 Å². The summed E-state index contributed by atoms with van der Waals surface area (Å²) < 4.78 is 45.4. The Bertz CT molecular complexity index is 1360. The lowest BCUT2D eigenvalue weighted by molar-refractivity contribution is -0.137. The lowest BCUT2D eigenvalue weighted by Gasteiger charge is -2.26. The summed E-state index contributed by atoms with van der Waals surface area (Å²) in [5.74, 6) is -2.72. The van der Waals surface area contributed by atoms with Crippen molar-refractivity contribution in [3.63, 3.8) is 0 Å². The number of aliphatic hydroxyl groups is 1. The third-order valence-corrected chi connectivity index (χ3v) is 5.69. The van der Waals surface area contributed by atoms with Crippen molar-refractivity contribution in [1.29, 1.82) is 0 Å². The van der Waals surface area contributed by atoms with Gasteiger partial charge in [-0.25, -0.2) is 0 Å². The first-order valence-electron chi connectivity index (χ1n) is 10.4. The second-order valence-electron chi connectivity index (χ2n) is 8.02. The van der Waals surface area contributed by atoms with Gasteiger partial charge in [0.2, 0.25) is 0 Å². The molecule has 0 bridgehead atoms. The van der Waals surface area contributed by atoms with E-state index in [-0.39, 0.29) is 33.9 Å². The van der Waals surface area contributed by atoms with Crippen LogP contribution in [-0.2, 0) is 15.8 Å². The van der Waals surface area contributed by atoms with Crippen LogP contribution in [0, 0.1) is 6.92 Å². The van der Waals surface area contributed by atoms with Gasteiger partial charge < -0.3 is 14.9 Å². The van der Waals surface area contributed by atoms with Crippen molar-refractivity contribution >= 4 is 23.1 Å². The molecule has 0 saturated carbocycles. The van der Waals surface area contributed by atoms with Gasteiger partial charge in [-0.15, -0.1) is 0 Å². The van der Waals surface area contributed by atoms with E-state index in [1.165, 1.54) is 37.4 Å². The van der Waals surface area contributed by atoms with Crippen LogP contribution < -0.4 is 9.64 Å². The predicted octanol–water partition coefficient (Wildman–Crippen LogP) is 5.35. The molecule has 1 atom stereocenters. The van der Waals surface area contributed by atoms with E-state index in [1.54, 1.807) is 25.1 Å². The fraction of sp³-hybridized carbons (Fsp3) is 0.154. The van der Waals surface area contributed by atoms with Crippen molar-refractivity contribution in [2.24, 2.45) is 0 Å². The molecule has 0 spiro atoms. The number of phenols is 1. The number of hydrogen-bond donors (Lipinski definition) is 2. The highest BCUT2D eigenvalue weighted by molar-refractivity contribution is 6.51. The van der Waals surface area contributed by atoms with E-state index in [9.17, 15) is 33.0 Å². The number of amides is 1. The van der Waals surface area contributed by atoms with Crippen LogP contribution in [0.5, 0.6) is 11.5 Å². The molecule has 6 nitrogen and oxygen atoms in total. The van der Waals surface area contributed by atoms with E-state index in [4.69, 9.17) is 4.74 Å². The molecule has 2 N–H and O–H groups in total. The van der Waals surface area contributed by atoms with Crippen LogP contribution in [0.1, 0.15) is 28.3 Å². The van der Waals surface area contributed by atoms with E-state index in [0.717, 1.165) is 28.7 Å². The molecule has 180 valence electrons. The third kappa shape index (κ3) is 4.32. The summed E-state index contributed by atoms with van der Waals surface area (Å²) in [6.07, 6.45) is -4.68. The number of methoxy groups -OCH3 is 1. The van der Waals surface area contributed by atoms with Gasteiger partial charge >= 0.3 is 6.18 Å². The maximum Gasteiger partial charge on any atom is 0.416 e. The largest absolute Gasteiger partial charge is 0.508 e. The number of phenolic OH excluding ortho intramolecular Hbond substituents is 1. The molecule has 3 aromatic carbocycles. The van der Waals surface area contributed by atoms with Gasteiger partial charge in [0.25, 0.3) is 11.7 Å². The summed E-state index contributed by atoms with van der Waals surface area (Å²) in [7, 11) is 1.37. The monoisotopic (exact) mass is 483 g/mol. The molecule has 0 radical (unpaired) electrons. The highest BCUT2D eigenvalue weighted by Gasteiger charge is 2.47.